The van der Waals surface area contributed by atoms with E-state index in [1.165, 1.54) is 25.7 Å². The van der Waals surface area contributed by atoms with E-state index in [0.717, 1.165) is 24.1 Å². The molecule has 4 heteroatoms. The maximum absolute atomic E-state index is 11.9. The fourth-order valence-electron chi connectivity index (χ4n) is 2.73. The fraction of sp³-hybridized carbons (Fsp3) is 0.588. The van der Waals surface area contributed by atoms with Gasteiger partial charge in [-0.15, -0.1) is 0 Å². The van der Waals surface area contributed by atoms with Crippen molar-refractivity contribution in [2.24, 2.45) is 5.73 Å². The van der Waals surface area contributed by atoms with E-state index >= 15 is 0 Å². The Kier molecular flexibility index (Phi) is 6.70. The Labute approximate surface area is 127 Å². The maximum atomic E-state index is 11.9. The van der Waals surface area contributed by atoms with Crippen molar-refractivity contribution in [1.82, 2.24) is 0 Å². The van der Waals surface area contributed by atoms with E-state index in [0.29, 0.717) is 25.7 Å². The van der Waals surface area contributed by atoms with Crippen LogP contribution in [0.15, 0.2) is 24.3 Å². The van der Waals surface area contributed by atoms with Gasteiger partial charge in [0, 0.05) is 12.2 Å². The molecule has 0 atom stereocenters. The molecule has 116 valence electrons. The molecule has 0 heterocycles. The summed E-state index contributed by atoms with van der Waals surface area (Å²) >= 11 is 0. The first-order valence-corrected chi connectivity index (χ1v) is 7.98. The molecule has 1 aliphatic rings. The fourth-order valence-corrected chi connectivity index (χ4v) is 2.73. The van der Waals surface area contributed by atoms with Gasteiger partial charge in [0.05, 0.1) is 19.1 Å². The van der Waals surface area contributed by atoms with Gasteiger partial charge < -0.3 is 15.8 Å². The molecule has 3 N–H and O–H groups in total. The van der Waals surface area contributed by atoms with E-state index in [2.05, 4.69) is 5.32 Å². The molecule has 0 bridgehead atoms. The van der Waals surface area contributed by atoms with E-state index in [1.807, 2.05) is 24.3 Å². The minimum Gasteiger partial charge on any atom is -0.378 e. The van der Waals surface area contributed by atoms with Crippen LogP contribution in [0.25, 0.3) is 0 Å². The lowest BCUT2D eigenvalue weighted by Gasteiger charge is -2.15. The Morgan fingerprint density at radius 1 is 1.24 bits per heavy atom. The molecule has 1 aliphatic carbocycles. The summed E-state index contributed by atoms with van der Waals surface area (Å²) in [7, 11) is 0. The third-order valence-corrected chi connectivity index (χ3v) is 3.93. The van der Waals surface area contributed by atoms with Crippen LogP contribution in [-0.2, 0) is 16.1 Å². The van der Waals surface area contributed by atoms with E-state index in [4.69, 9.17) is 10.5 Å². The average Bonchev–Trinajstić information content (AvgIpc) is 2.76. The second-order valence-electron chi connectivity index (χ2n) is 5.69. The molecule has 0 radical (unpaired) electrons. The van der Waals surface area contributed by atoms with Crippen molar-refractivity contribution in [3.8, 4) is 0 Å². The molecule has 1 fully saturated rings. The Hall–Kier alpha value is -1.39. The van der Waals surface area contributed by atoms with Crippen molar-refractivity contribution in [1.29, 1.82) is 0 Å². The standard InChI is InChI=1S/C17H26N2O2/c18-13-14-6-5-7-15(12-14)19-17(20)10-11-21-16-8-3-1-2-4-9-16/h5-7,12,16H,1-4,8-11,13,18H2,(H,19,20). The van der Waals surface area contributed by atoms with Gasteiger partial charge in [-0.2, -0.15) is 0 Å². The molecule has 1 aromatic carbocycles. The highest BCUT2D eigenvalue weighted by Gasteiger charge is 2.13. The third-order valence-electron chi connectivity index (χ3n) is 3.93. The van der Waals surface area contributed by atoms with Gasteiger partial charge in [-0.3, -0.25) is 4.79 Å². The van der Waals surface area contributed by atoms with Crippen LogP contribution in [0.1, 0.15) is 50.5 Å². The summed E-state index contributed by atoms with van der Waals surface area (Å²) in [5, 5.41) is 2.89. The molecule has 0 aliphatic heterocycles. The number of anilines is 1. The first-order valence-electron chi connectivity index (χ1n) is 7.98. The van der Waals surface area contributed by atoms with Crippen molar-refractivity contribution in [3.05, 3.63) is 29.8 Å². The van der Waals surface area contributed by atoms with Crippen LogP contribution in [0.2, 0.25) is 0 Å². The highest BCUT2D eigenvalue weighted by molar-refractivity contribution is 5.90. The molecule has 4 nitrogen and oxygen atoms in total. The Bertz CT molecular complexity index is 440. The molecule has 0 aromatic heterocycles. The lowest BCUT2D eigenvalue weighted by atomic mass is 10.1. The van der Waals surface area contributed by atoms with Gasteiger partial charge in [0.1, 0.15) is 0 Å². The second kappa shape index (κ2) is 8.80. The van der Waals surface area contributed by atoms with Crippen LogP contribution in [0.4, 0.5) is 5.69 Å². The van der Waals surface area contributed by atoms with E-state index in [1.54, 1.807) is 0 Å². The van der Waals surface area contributed by atoms with E-state index in [-0.39, 0.29) is 5.91 Å². The number of nitrogens with two attached hydrogens (primary N) is 1. The molecule has 1 amide bonds. The molecular weight excluding hydrogens is 264 g/mol. The minimum absolute atomic E-state index is 0.00204. The zero-order valence-electron chi connectivity index (χ0n) is 12.6. The van der Waals surface area contributed by atoms with Crippen molar-refractivity contribution in [3.63, 3.8) is 0 Å². The number of benzene rings is 1. The quantitative estimate of drug-likeness (QED) is 0.791. The van der Waals surface area contributed by atoms with Gasteiger partial charge in [0.25, 0.3) is 0 Å². The summed E-state index contributed by atoms with van der Waals surface area (Å²) in [6, 6.07) is 7.64. The topological polar surface area (TPSA) is 64.3 Å². The number of amides is 1. The summed E-state index contributed by atoms with van der Waals surface area (Å²) in [4.78, 5) is 11.9. The van der Waals surface area contributed by atoms with Crippen LogP contribution in [0.5, 0.6) is 0 Å². The largest absolute Gasteiger partial charge is 0.378 e. The monoisotopic (exact) mass is 290 g/mol. The molecule has 0 spiro atoms. The number of hydrogen-bond donors (Lipinski definition) is 2. The zero-order chi connectivity index (χ0) is 14.9. The molecule has 2 rings (SSSR count). The Morgan fingerprint density at radius 3 is 2.71 bits per heavy atom. The SMILES string of the molecule is NCc1cccc(NC(=O)CCOC2CCCCCC2)c1. The molecule has 0 saturated heterocycles. The first-order chi connectivity index (χ1) is 10.3. The van der Waals surface area contributed by atoms with Crippen LogP contribution in [0, 0.1) is 0 Å². The minimum atomic E-state index is -0.00204. The van der Waals surface area contributed by atoms with Crippen molar-refractivity contribution >= 4 is 11.6 Å². The number of rotatable bonds is 6. The normalized spacial score (nSPS) is 16.4. The van der Waals surface area contributed by atoms with Crippen molar-refractivity contribution < 1.29 is 9.53 Å². The summed E-state index contributed by atoms with van der Waals surface area (Å²) < 4.78 is 5.84. The maximum Gasteiger partial charge on any atom is 0.226 e. The number of carbonyl (C=O) groups excluding carboxylic acids is 1. The van der Waals surface area contributed by atoms with E-state index in [9.17, 15) is 4.79 Å². The summed E-state index contributed by atoms with van der Waals surface area (Å²) in [5.41, 5.74) is 7.41. The van der Waals surface area contributed by atoms with Crippen LogP contribution in [-0.4, -0.2) is 18.6 Å². The smallest absolute Gasteiger partial charge is 0.226 e. The highest BCUT2D eigenvalue weighted by atomic mass is 16.5. The Morgan fingerprint density at radius 2 is 2.00 bits per heavy atom. The molecular formula is C17H26N2O2. The third kappa shape index (κ3) is 5.86. The predicted octanol–water partition coefficient (Wildman–Crippen LogP) is 3.21. The summed E-state index contributed by atoms with van der Waals surface area (Å²) in [6.45, 7) is 0.988. The number of hydrogen-bond acceptors (Lipinski definition) is 3. The lowest BCUT2D eigenvalue weighted by molar-refractivity contribution is -0.117. The van der Waals surface area contributed by atoms with Gasteiger partial charge in [-0.05, 0) is 30.5 Å². The Balaban J connectivity index is 1.69. The number of nitrogens with one attached hydrogen (secondary N) is 1. The predicted molar refractivity (Wildman–Crippen MR) is 85.0 cm³/mol. The molecule has 21 heavy (non-hydrogen) atoms. The first kappa shape index (κ1) is 16.0. The summed E-state index contributed by atoms with van der Waals surface area (Å²) in [6.07, 6.45) is 8.17. The second-order valence-corrected chi connectivity index (χ2v) is 5.69. The van der Waals surface area contributed by atoms with Crippen molar-refractivity contribution in [2.75, 3.05) is 11.9 Å². The van der Waals surface area contributed by atoms with Gasteiger partial charge >= 0.3 is 0 Å². The van der Waals surface area contributed by atoms with Crippen LogP contribution >= 0.6 is 0 Å². The highest BCUT2D eigenvalue weighted by Crippen LogP contribution is 2.20. The number of carbonyl (C=O) groups is 1. The number of ether oxygens (including phenoxy) is 1. The van der Waals surface area contributed by atoms with E-state index < -0.39 is 0 Å². The van der Waals surface area contributed by atoms with Crippen LogP contribution in [0.3, 0.4) is 0 Å². The van der Waals surface area contributed by atoms with Gasteiger partial charge in [-0.1, -0.05) is 37.8 Å². The van der Waals surface area contributed by atoms with Crippen molar-refractivity contribution in [2.45, 2.75) is 57.6 Å². The summed E-state index contributed by atoms with van der Waals surface area (Å²) in [5.74, 6) is -0.00204. The average molecular weight is 290 g/mol. The molecule has 1 saturated carbocycles. The lowest BCUT2D eigenvalue weighted by Crippen LogP contribution is -2.18. The van der Waals surface area contributed by atoms with Crippen LogP contribution < -0.4 is 11.1 Å². The zero-order valence-corrected chi connectivity index (χ0v) is 12.6. The van der Waals surface area contributed by atoms with Gasteiger partial charge in [0.15, 0.2) is 0 Å². The molecule has 1 aromatic rings. The van der Waals surface area contributed by atoms with Gasteiger partial charge in [0.2, 0.25) is 5.91 Å². The molecule has 0 unspecified atom stereocenters. The van der Waals surface area contributed by atoms with Gasteiger partial charge in [-0.25, -0.2) is 0 Å².